The molecular formula is C18H30N2. The summed E-state index contributed by atoms with van der Waals surface area (Å²) in [7, 11) is 0. The summed E-state index contributed by atoms with van der Waals surface area (Å²) >= 11 is 0. The van der Waals surface area contributed by atoms with Gasteiger partial charge >= 0.3 is 0 Å². The molecule has 1 unspecified atom stereocenters. The fraction of sp³-hybridized carbons (Fsp3) is 0.667. The van der Waals surface area contributed by atoms with Crippen LogP contribution in [-0.4, -0.2) is 30.6 Å². The number of hydrogen-bond donors (Lipinski definition) is 1. The lowest BCUT2D eigenvalue weighted by Gasteiger charge is -2.29. The first-order valence-electron chi connectivity index (χ1n) is 8.17. The van der Waals surface area contributed by atoms with Gasteiger partial charge in [0.05, 0.1) is 0 Å². The van der Waals surface area contributed by atoms with Gasteiger partial charge in [0.15, 0.2) is 0 Å². The zero-order valence-electron chi connectivity index (χ0n) is 13.4. The number of nitrogens with one attached hydrogen (secondary N) is 1. The Balaban J connectivity index is 1.66. The van der Waals surface area contributed by atoms with Crippen LogP contribution in [0.3, 0.4) is 0 Å². The van der Waals surface area contributed by atoms with E-state index in [0.29, 0.717) is 6.04 Å². The van der Waals surface area contributed by atoms with Crippen LogP contribution < -0.4 is 5.32 Å². The molecular weight excluding hydrogens is 244 g/mol. The highest BCUT2D eigenvalue weighted by molar-refractivity contribution is 5.28. The van der Waals surface area contributed by atoms with Gasteiger partial charge in [-0.3, -0.25) is 4.90 Å². The Bertz CT molecular complexity index is 400. The van der Waals surface area contributed by atoms with E-state index in [9.17, 15) is 0 Å². The van der Waals surface area contributed by atoms with E-state index in [1.165, 1.54) is 37.9 Å². The van der Waals surface area contributed by atoms with Gasteiger partial charge < -0.3 is 5.32 Å². The highest BCUT2D eigenvalue weighted by Crippen LogP contribution is 2.17. The molecule has 1 aliphatic heterocycles. The summed E-state index contributed by atoms with van der Waals surface area (Å²) in [6.45, 7) is 11.5. The smallest absolute Gasteiger partial charge is 0.0237 e. The molecule has 0 aliphatic carbocycles. The molecule has 0 aromatic heterocycles. The van der Waals surface area contributed by atoms with E-state index >= 15 is 0 Å². The second-order valence-electron chi connectivity index (χ2n) is 6.62. The summed E-state index contributed by atoms with van der Waals surface area (Å²) in [6.07, 6.45) is 3.82. The highest BCUT2D eigenvalue weighted by Gasteiger charge is 2.15. The van der Waals surface area contributed by atoms with Crippen molar-refractivity contribution in [1.29, 1.82) is 0 Å². The Morgan fingerprint density at radius 2 is 1.85 bits per heavy atom. The molecule has 1 aromatic carbocycles. The van der Waals surface area contributed by atoms with Crippen molar-refractivity contribution in [2.24, 2.45) is 5.92 Å². The molecule has 2 heteroatoms. The van der Waals surface area contributed by atoms with Gasteiger partial charge in [0.1, 0.15) is 0 Å². The molecule has 1 N–H and O–H groups in total. The molecule has 2 rings (SSSR count). The fourth-order valence-corrected chi connectivity index (χ4v) is 2.90. The van der Waals surface area contributed by atoms with E-state index in [-0.39, 0.29) is 0 Å². The minimum atomic E-state index is 0.648. The predicted octanol–water partition coefficient (Wildman–Crippen LogP) is 3.46. The number of nitrogens with zero attached hydrogens (tertiary/aromatic N) is 1. The number of fused-ring (bicyclic) bond motifs is 1. The first kappa shape index (κ1) is 15.5. The largest absolute Gasteiger partial charge is 0.313 e. The van der Waals surface area contributed by atoms with Crippen molar-refractivity contribution >= 4 is 0 Å². The Labute approximate surface area is 124 Å². The molecule has 1 aromatic rings. The third-order valence-electron chi connectivity index (χ3n) is 4.31. The number of hydrogen-bond acceptors (Lipinski definition) is 2. The second kappa shape index (κ2) is 7.80. The van der Waals surface area contributed by atoms with Gasteiger partial charge in [0.25, 0.3) is 0 Å². The van der Waals surface area contributed by atoms with Gasteiger partial charge in [-0.15, -0.1) is 0 Å². The van der Waals surface area contributed by atoms with Crippen molar-refractivity contribution < 1.29 is 0 Å². The molecule has 2 nitrogen and oxygen atoms in total. The summed E-state index contributed by atoms with van der Waals surface area (Å²) in [5.41, 5.74) is 3.06. The lowest BCUT2D eigenvalue weighted by Crippen LogP contribution is -2.38. The third kappa shape index (κ3) is 4.92. The first-order valence-corrected chi connectivity index (χ1v) is 8.17. The lowest BCUT2D eigenvalue weighted by molar-refractivity contribution is 0.249. The van der Waals surface area contributed by atoms with Crippen LogP contribution in [0.25, 0.3) is 0 Å². The molecule has 0 fully saturated rings. The number of rotatable bonds is 7. The second-order valence-corrected chi connectivity index (χ2v) is 6.62. The molecule has 0 saturated carbocycles. The zero-order valence-corrected chi connectivity index (χ0v) is 13.4. The van der Waals surface area contributed by atoms with Gasteiger partial charge in [-0.1, -0.05) is 38.1 Å². The van der Waals surface area contributed by atoms with E-state index in [1.807, 2.05) is 0 Å². The van der Waals surface area contributed by atoms with Gasteiger partial charge in [-0.05, 0) is 43.2 Å². The SMILES string of the molecule is CC(C)CCC(C)NCCN1CCc2ccccc2C1. The highest BCUT2D eigenvalue weighted by atomic mass is 15.1. The van der Waals surface area contributed by atoms with E-state index in [2.05, 4.69) is 55.3 Å². The van der Waals surface area contributed by atoms with Crippen molar-refractivity contribution in [3.05, 3.63) is 35.4 Å². The van der Waals surface area contributed by atoms with Gasteiger partial charge in [-0.25, -0.2) is 0 Å². The molecule has 0 bridgehead atoms. The average Bonchev–Trinajstić information content (AvgIpc) is 2.45. The minimum Gasteiger partial charge on any atom is -0.313 e. The molecule has 1 heterocycles. The molecule has 0 radical (unpaired) electrons. The van der Waals surface area contributed by atoms with Crippen LogP contribution in [0.5, 0.6) is 0 Å². The van der Waals surface area contributed by atoms with Crippen LogP contribution in [0.1, 0.15) is 44.7 Å². The summed E-state index contributed by atoms with van der Waals surface area (Å²) < 4.78 is 0. The van der Waals surface area contributed by atoms with E-state index in [0.717, 1.165) is 19.0 Å². The maximum absolute atomic E-state index is 3.67. The summed E-state index contributed by atoms with van der Waals surface area (Å²) in [5.74, 6) is 0.817. The quantitative estimate of drug-likeness (QED) is 0.819. The maximum Gasteiger partial charge on any atom is 0.0237 e. The zero-order chi connectivity index (χ0) is 14.4. The average molecular weight is 274 g/mol. The number of benzene rings is 1. The Hall–Kier alpha value is -0.860. The Morgan fingerprint density at radius 3 is 2.60 bits per heavy atom. The van der Waals surface area contributed by atoms with E-state index in [4.69, 9.17) is 0 Å². The summed E-state index contributed by atoms with van der Waals surface area (Å²) in [5, 5.41) is 3.67. The molecule has 0 spiro atoms. The normalized spacial score (nSPS) is 17.2. The monoisotopic (exact) mass is 274 g/mol. The Morgan fingerprint density at radius 1 is 1.10 bits per heavy atom. The third-order valence-corrected chi connectivity index (χ3v) is 4.31. The molecule has 0 saturated heterocycles. The maximum atomic E-state index is 3.67. The van der Waals surface area contributed by atoms with Gasteiger partial charge in [0.2, 0.25) is 0 Å². The van der Waals surface area contributed by atoms with Crippen molar-refractivity contribution in [1.82, 2.24) is 10.2 Å². The van der Waals surface area contributed by atoms with Crippen LogP contribution in [0.15, 0.2) is 24.3 Å². The van der Waals surface area contributed by atoms with Crippen LogP contribution >= 0.6 is 0 Å². The van der Waals surface area contributed by atoms with Crippen molar-refractivity contribution in [2.45, 2.75) is 52.6 Å². The summed E-state index contributed by atoms with van der Waals surface area (Å²) in [6, 6.07) is 9.52. The molecule has 1 aliphatic rings. The van der Waals surface area contributed by atoms with Crippen molar-refractivity contribution in [2.75, 3.05) is 19.6 Å². The summed E-state index contributed by atoms with van der Waals surface area (Å²) in [4.78, 5) is 2.57. The fourth-order valence-electron chi connectivity index (χ4n) is 2.90. The minimum absolute atomic E-state index is 0.648. The first-order chi connectivity index (χ1) is 9.65. The van der Waals surface area contributed by atoms with Crippen LogP contribution in [0, 0.1) is 5.92 Å². The van der Waals surface area contributed by atoms with Gasteiger partial charge in [-0.2, -0.15) is 0 Å². The van der Waals surface area contributed by atoms with Crippen LogP contribution in [0.2, 0.25) is 0 Å². The molecule has 1 atom stereocenters. The van der Waals surface area contributed by atoms with E-state index < -0.39 is 0 Å². The topological polar surface area (TPSA) is 15.3 Å². The van der Waals surface area contributed by atoms with E-state index in [1.54, 1.807) is 5.56 Å². The van der Waals surface area contributed by atoms with Gasteiger partial charge in [0, 0.05) is 32.2 Å². The Kier molecular flexibility index (Phi) is 6.06. The van der Waals surface area contributed by atoms with Crippen molar-refractivity contribution in [3.63, 3.8) is 0 Å². The molecule has 20 heavy (non-hydrogen) atoms. The molecule has 112 valence electrons. The van der Waals surface area contributed by atoms with Crippen LogP contribution in [0.4, 0.5) is 0 Å². The predicted molar refractivity (Wildman–Crippen MR) is 87.0 cm³/mol. The standard InChI is InChI=1S/C18H30N2/c1-15(2)8-9-16(3)19-11-13-20-12-10-17-6-4-5-7-18(17)14-20/h4-7,15-16,19H,8-14H2,1-3H3. The lowest BCUT2D eigenvalue weighted by atomic mass is 10.00. The van der Waals surface area contributed by atoms with Crippen LogP contribution in [-0.2, 0) is 13.0 Å². The van der Waals surface area contributed by atoms with Crippen molar-refractivity contribution in [3.8, 4) is 0 Å². The molecule has 0 amide bonds.